The largest absolute Gasteiger partial charge is 0.382 e. The minimum Gasteiger partial charge on any atom is -0.382 e. The van der Waals surface area contributed by atoms with Crippen molar-refractivity contribution in [2.75, 3.05) is 46.9 Å². The molecule has 0 spiro atoms. The molecule has 1 aromatic carbocycles. The lowest BCUT2D eigenvalue weighted by Crippen LogP contribution is -2.38. The van der Waals surface area contributed by atoms with Crippen LogP contribution >= 0.6 is 24.0 Å². The fourth-order valence-electron chi connectivity index (χ4n) is 2.40. The van der Waals surface area contributed by atoms with Crippen LogP contribution in [0.3, 0.4) is 0 Å². The van der Waals surface area contributed by atoms with Crippen LogP contribution < -0.4 is 10.6 Å². The highest BCUT2D eigenvalue weighted by Gasteiger charge is 2.13. The molecule has 0 amide bonds. The van der Waals surface area contributed by atoms with Crippen molar-refractivity contribution < 1.29 is 4.74 Å². The van der Waals surface area contributed by atoms with E-state index in [1.54, 1.807) is 0 Å². The molecular weight excluding hydrogens is 427 g/mol. The van der Waals surface area contributed by atoms with E-state index in [1.807, 2.05) is 6.92 Å². The molecule has 0 saturated carbocycles. The normalized spacial score (nSPS) is 12.6. The van der Waals surface area contributed by atoms with Crippen LogP contribution in [0.15, 0.2) is 29.3 Å². The van der Waals surface area contributed by atoms with Crippen LogP contribution in [0.25, 0.3) is 0 Å². The molecule has 0 saturated heterocycles. The summed E-state index contributed by atoms with van der Waals surface area (Å²) in [5.41, 5.74) is 2.57. The Morgan fingerprint density at radius 2 is 1.84 bits per heavy atom. The first-order chi connectivity index (χ1) is 11.6. The second-order valence-corrected chi connectivity index (χ2v) is 6.09. The highest BCUT2D eigenvalue weighted by atomic mass is 127. The first kappa shape index (κ1) is 24.1. The van der Waals surface area contributed by atoms with Crippen molar-refractivity contribution in [1.82, 2.24) is 15.5 Å². The van der Waals surface area contributed by atoms with E-state index in [-0.39, 0.29) is 30.0 Å². The van der Waals surface area contributed by atoms with Gasteiger partial charge >= 0.3 is 0 Å². The lowest BCUT2D eigenvalue weighted by molar-refractivity contribution is 0.145. The number of nitrogens with one attached hydrogen (secondary N) is 2. The number of ether oxygens (including phenoxy) is 1. The van der Waals surface area contributed by atoms with Crippen LogP contribution in [-0.2, 0) is 4.74 Å². The Balaban J connectivity index is 0.00000576. The van der Waals surface area contributed by atoms with E-state index in [4.69, 9.17) is 9.73 Å². The SMILES string of the molecule is CCNC(=NCC(c1ccc(C)cc1)N(C)C)NCCCOCC.I. The Bertz CT molecular complexity index is 477. The van der Waals surface area contributed by atoms with Crippen molar-refractivity contribution in [2.24, 2.45) is 4.99 Å². The number of aryl methyl sites for hydroxylation is 1. The third-order valence-corrected chi connectivity index (χ3v) is 3.81. The number of halogens is 1. The van der Waals surface area contributed by atoms with Crippen molar-refractivity contribution in [2.45, 2.75) is 33.2 Å². The summed E-state index contributed by atoms with van der Waals surface area (Å²) in [6, 6.07) is 8.97. The third kappa shape index (κ3) is 10.0. The van der Waals surface area contributed by atoms with Crippen molar-refractivity contribution >= 4 is 29.9 Å². The zero-order valence-electron chi connectivity index (χ0n) is 16.3. The van der Waals surface area contributed by atoms with Gasteiger partial charge in [0.05, 0.1) is 12.6 Å². The molecule has 0 heterocycles. The van der Waals surface area contributed by atoms with Crippen molar-refractivity contribution in [3.63, 3.8) is 0 Å². The van der Waals surface area contributed by atoms with Crippen molar-refractivity contribution in [3.8, 4) is 0 Å². The van der Waals surface area contributed by atoms with Gasteiger partial charge in [0.25, 0.3) is 0 Å². The molecule has 0 aliphatic heterocycles. The number of hydrogen-bond acceptors (Lipinski definition) is 3. The average molecular weight is 462 g/mol. The molecule has 6 heteroatoms. The van der Waals surface area contributed by atoms with Crippen LogP contribution in [0.4, 0.5) is 0 Å². The predicted octanol–water partition coefficient (Wildman–Crippen LogP) is 3.20. The first-order valence-corrected chi connectivity index (χ1v) is 8.91. The smallest absolute Gasteiger partial charge is 0.191 e. The quantitative estimate of drug-likeness (QED) is 0.243. The molecule has 0 fully saturated rings. The Kier molecular flexibility index (Phi) is 13.8. The fraction of sp³-hybridized carbons (Fsp3) is 0.632. The predicted molar refractivity (Wildman–Crippen MR) is 118 cm³/mol. The van der Waals surface area contributed by atoms with E-state index >= 15 is 0 Å². The van der Waals surface area contributed by atoms with Gasteiger partial charge in [-0.3, -0.25) is 4.99 Å². The monoisotopic (exact) mass is 462 g/mol. The van der Waals surface area contributed by atoms with Gasteiger partial charge in [0.2, 0.25) is 0 Å². The highest BCUT2D eigenvalue weighted by Crippen LogP contribution is 2.19. The summed E-state index contributed by atoms with van der Waals surface area (Å²) in [4.78, 5) is 6.98. The maximum absolute atomic E-state index is 5.37. The van der Waals surface area contributed by atoms with Gasteiger partial charge in [-0.2, -0.15) is 0 Å². The summed E-state index contributed by atoms with van der Waals surface area (Å²) in [5.74, 6) is 0.868. The molecule has 1 atom stereocenters. The van der Waals surface area contributed by atoms with Crippen LogP contribution in [0, 0.1) is 6.92 Å². The van der Waals surface area contributed by atoms with Gasteiger partial charge in [0.15, 0.2) is 5.96 Å². The number of benzene rings is 1. The Morgan fingerprint density at radius 3 is 2.40 bits per heavy atom. The van der Waals surface area contributed by atoms with Gasteiger partial charge < -0.3 is 20.3 Å². The minimum absolute atomic E-state index is 0. The fourth-order valence-corrected chi connectivity index (χ4v) is 2.40. The highest BCUT2D eigenvalue weighted by molar-refractivity contribution is 14.0. The van der Waals surface area contributed by atoms with E-state index in [2.05, 4.69) is 67.7 Å². The number of likely N-dealkylation sites (N-methyl/N-ethyl adjacent to an activating group) is 1. The van der Waals surface area contributed by atoms with Gasteiger partial charge in [0, 0.05) is 26.3 Å². The number of rotatable bonds is 10. The molecule has 1 unspecified atom stereocenters. The van der Waals surface area contributed by atoms with Gasteiger partial charge in [-0.1, -0.05) is 29.8 Å². The first-order valence-electron chi connectivity index (χ1n) is 8.91. The van der Waals surface area contributed by atoms with Crippen LogP contribution in [-0.4, -0.2) is 57.8 Å². The summed E-state index contributed by atoms with van der Waals surface area (Å²) in [6.07, 6.45) is 0.979. The van der Waals surface area contributed by atoms with Crippen molar-refractivity contribution in [3.05, 3.63) is 35.4 Å². The molecule has 1 rings (SSSR count). The summed E-state index contributed by atoms with van der Waals surface area (Å²) in [5, 5.41) is 6.68. The molecule has 25 heavy (non-hydrogen) atoms. The van der Waals surface area contributed by atoms with Crippen LogP contribution in [0.2, 0.25) is 0 Å². The Hall–Kier alpha value is -0.860. The minimum atomic E-state index is 0. The van der Waals surface area contributed by atoms with Gasteiger partial charge in [-0.05, 0) is 46.9 Å². The second-order valence-electron chi connectivity index (χ2n) is 6.09. The summed E-state index contributed by atoms with van der Waals surface area (Å²) >= 11 is 0. The van der Waals surface area contributed by atoms with Crippen LogP contribution in [0.1, 0.15) is 37.4 Å². The molecule has 0 radical (unpaired) electrons. The molecule has 0 aliphatic carbocycles. The molecule has 0 aromatic heterocycles. The molecule has 0 bridgehead atoms. The van der Waals surface area contributed by atoms with E-state index in [9.17, 15) is 0 Å². The van der Waals surface area contributed by atoms with Gasteiger partial charge in [-0.25, -0.2) is 0 Å². The van der Waals surface area contributed by atoms with E-state index in [0.717, 1.165) is 45.2 Å². The third-order valence-electron chi connectivity index (χ3n) is 3.81. The lowest BCUT2D eigenvalue weighted by Gasteiger charge is -2.24. The Labute approximate surface area is 170 Å². The zero-order valence-corrected chi connectivity index (χ0v) is 18.7. The molecule has 144 valence electrons. The lowest BCUT2D eigenvalue weighted by atomic mass is 10.0. The summed E-state index contributed by atoms with van der Waals surface area (Å²) < 4.78 is 5.37. The average Bonchev–Trinajstić information content (AvgIpc) is 2.56. The number of nitrogens with zero attached hydrogens (tertiary/aromatic N) is 2. The Morgan fingerprint density at radius 1 is 1.16 bits per heavy atom. The maximum Gasteiger partial charge on any atom is 0.191 e. The molecular formula is C19H35IN4O. The standard InChI is InChI=1S/C19H34N4O.HI/c1-6-20-19(21-13-8-14-24-7-2)22-15-18(23(4)5)17-11-9-16(3)10-12-17;/h9-12,18H,6-8,13-15H2,1-5H3,(H2,20,21,22);1H. The summed E-state index contributed by atoms with van der Waals surface area (Å²) in [6.45, 7) is 10.2. The molecule has 1 aromatic rings. The number of guanidine groups is 1. The number of aliphatic imine (C=N–C) groups is 1. The van der Waals surface area contributed by atoms with E-state index < -0.39 is 0 Å². The van der Waals surface area contributed by atoms with E-state index in [0.29, 0.717) is 0 Å². The second kappa shape index (κ2) is 14.3. The van der Waals surface area contributed by atoms with Gasteiger partial charge in [-0.15, -0.1) is 24.0 Å². The molecule has 0 aliphatic rings. The van der Waals surface area contributed by atoms with E-state index in [1.165, 1.54) is 11.1 Å². The topological polar surface area (TPSA) is 48.9 Å². The molecule has 2 N–H and O–H groups in total. The van der Waals surface area contributed by atoms with Gasteiger partial charge in [0.1, 0.15) is 0 Å². The van der Waals surface area contributed by atoms with Crippen molar-refractivity contribution in [1.29, 1.82) is 0 Å². The molecule has 5 nitrogen and oxygen atoms in total. The zero-order chi connectivity index (χ0) is 17.8. The van der Waals surface area contributed by atoms with Crippen LogP contribution in [0.5, 0.6) is 0 Å². The number of hydrogen-bond donors (Lipinski definition) is 2. The summed E-state index contributed by atoms with van der Waals surface area (Å²) in [7, 11) is 4.20. The maximum atomic E-state index is 5.37.